The summed E-state index contributed by atoms with van der Waals surface area (Å²) in [5.74, 6) is -0.219. The molecule has 1 unspecified atom stereocenters. The number of hydrogen-bond donors (Lipinski definition) is 1. The molecule has 1 N–H and O–H groups in total. The molecule has 18 heavy (non-hydrogen) atoms. The molecule has 0 amide bonds. The lowest BCUT2D eigenvalue weighted by Crippen LogP contribution is -2.04. The lowest BCUT2D eigenvalue weighted by atomic mass is 10.2. The number of benzene rings is 1. The number of aromatic nitrogens is 1. The van der Waals surface area contributed by atoms with Crippen molar-refractivity contribution in [1.29, 1.82) is 0 Å². The van der Waals surface area contributed by atoms with Crippen LogP contribution in [0.15, 0.2) is 35.0 Å². The smallest absolute Gasteiger partial charge is 0.184 e. The van der Waals surface area contributed by atoms with E-state index < -0.39 is 0 Å². The first-order valence-electron chi connectivity index (χ1n) is 5.57. The lowest BCUT2D eigenvalue weighted by molar-refractivity contribution is 0.630. The molecule has 2 nitrogen and oxygen atoms in total. The minimum absolute atomic E-state index is 0.210. The number of nitrogens with one attached hydrogen (secondary N) is 1. The van der Waals surface area contributed by atoms with Crippen LogP contribution in [-0.2, 0) is 0 Å². The molecule has 1 aromatic carbocycles. The van der Waals surface area contributed by atoms with Crippen LogP contribution in [0.1, 0.15) is 18.5 Å². The van der Waals surface area contributed by atoms with Crippen LogP contribution in [0.25, 0.3) is 10.2 Å². The second kappa shape index (κ2) is 4.66. The van der Waals surface area contributed by atoms with Gasteiger partial charge in [0.05, 0.1) is 16.3 Å². The summed E-state index contributed by atoms with van der Waals surface area (Å²) in [6.45, 7) is 2.09. The van der Waals surface area contributed by atoms with Crippen LogP contribution in [0, 0.1) is 5.82 Å². The molecule has 0 saturated carbocycles. The van der Waals surface area contributed by atoms with Gasteiger partial charge in [-0.15, -0.1) is 0 Å². The van der Waals surface area contributed by atoms with E-state index in [0.29, 0.717) is 0 Å². The third-order valence-electron chi connectivity index (χ3n) is 2.73. The number of anilines is 1. The van der Waals surface area contributed by atoms with Crippen LogP contribution >= 0.6 is 22.7 Å². The fraction of sp³-hybridized carbons (Fsp3) is 0.154. The maximum atomic E-state index is 13.1. The molecule has 2 aromatic heterocycles. The second-order valence-electron chi connectivity index (χ2n) is 4.05. The lowest BCUT2D eigenvalue weighted by Gasteiger charge is -2.10. The highest BCUT2D eigenvalue weighted by molar-refractivity contribution is 7.22. The summed E-state index contributed by atoms with van der Waals surface area (Å²) >= 11 is 3.16. The fourth-order valence-corrected chi connectivity index (χ4v) is 3.48. The summed E-state index contributed by atoms with van der Waals surface area (Å²) in [5, 5.41) is 8.35. The maximum absolute atomic E-state index is 13.1. The molecule has 1 atom stereocenters. The molecule has 0 spiro atoms. The molecule has 0 radical (unpaired) electrons. The molecule has 5 heteroatoms. The molecule has 0 fully saturated rings. The Morgan fingerprint density at radius 1 is 1.33 bits per heavy atom. The highest BCUT2D eigenvalue weighted by Gasteiger charge is 2.09. The third kappa shape index (κ3) is 2.23. The van der Waals surface area contributed by atoms with E-state index in [1.54, 1.807) is 17.4 Å². The average Bonchev–Trinajstić information content (AvgIpc) is 2.95. The molecule has 0 aliphatic heterocycles. The second-order valence-corrected chi connectivity index (χ2v) is 5.86. The first-order chi connectivity index (χ1) is 8.72. The van der Waals surface area contributed by atoms with E-state index in [0.717, 1.165) is 15.3 Å². The van der Waals surface area contributed by atoms with E-state index in [9.17, 15) is 4.39 Å². The van der Waals surface area contributed by atoms with Crippen molar-refractivity contribution in [2.24, 2.45) is 0 Å². The van der Waals surface area contributed by atoms with Gasteiger partial charge in [0, 0.05) is 0 Å². The summed E-state index contributed by atoms with van der Waals surface area (Å²) in [5.41, 5.74) is 2.08. The molecule has 3 rings (SSSR count). The predicted octanol–water partition coefficient (Wildman–Crippen LogP) is 4.67. The normalized spacial score (nSPS) is 12.8. The van der Waals surface area contributed by atoms with E-state index >= 15 is 0 Å². The maximum Gasteiger partial charge on any atom is 0.184 e. The van der Waals surface area contributed by atoms with Crippen LogP contribution in [0.5, 0.6) is 0 Å². The Kier molecular flexibility index (Phi) is 3.01. The molecular formula is C13H11FN2S2. The molecule has 0 bridgehead atoms. The van der Waals surface area contributed by atoms with Gasteiger partial charge in [-0.3, -0.25) is 0 Å². The highest BCUT2D eigenvalue weighted by atomic mass is 32.1. The largest absolute Gasteiger partial charge is 0.355 e. The molecule has 0 saturated heterocycles. The first-order valence-corrected chi connectivity index (χ1v) is 7.33. The molecule has 92 valence electrons. The Bertz CT molecular complexity index is 661. The van der Waals surface area contributed by atoms with Crippen molar-refractivity contribution >= 4 is 38.0 Å². The number of hydrogen-bond acceptors (Lipinski definition) is 4. The van der Waals surface area contributed by atoms with Crippen molar-refractivity contribution in [2.45, 2.75) is 13.0 Å². The van der Waals surface area contributed by atoms with Gasteiger partial charge in [0.15, 0.2) is 5.13 Å². The zero-order valence-corrected chi connectivity index (χ0v) is 11.3. The first kappa shape index (κ1) is 11.6. The van der Waals surface area contributed by atoms with Gasteiger partial charge in [-0.1, -0.05) is 11.3 Å². The standard InChI is InChI=1S/C13H11FN2S2/c1-8(9-4-5-17-7-9)15-13-16-11-3-2-10(14)6-12(11)18-13/h2-8H,1H3,(H,15,16). The number of halogens is 1. The van der Waals surface area contributed by atoms with Gasteiger partial charge in [-0.25, -0.2) is 9.37 Å². The average molecular weight is 278 g/mol. The van der Waals surface area contributed by atoms with Gasteiger partial charge in [0.1, 0.15) is 5.82 Å². The topological polar surface area (TPSA) is 24.9 Å². The van der Waals surface area contributed by atoms with Crippen molar-refractivity contribution in [2.75, 3.05) is 5.32 Å². The molecular weight excluding hydrogens is 267 g/mol. The van der Waals surface area contributed by atoms with Crippen molar-refractivity contribution in [3.05, 3.63) is 46.4 Å². The van der Waals surface area contributed by atoms with Gasteiger partial charge in [0.2, 0.25) is 0 Å². The highest BCUT2D eigenvalue weighted by Crippen LogP contribution is 2.29. The number of rotatable bonds is 3. The van der Waals surface area contributed by atoms with Gasteiger partial charge in [-0.05, 0) is 47.5 Å². The van der Waals surface area contributed by atoms with Crippen LogP contribution in [0.3, 0.4) is 0 Å². The van der Waals surface area contributed by atoms with Gasteiger partial charge in [0.25, 0.3) is 0 Å². The van der Waals surface area contributed by atoms with Crippen LogP contribution in [0.4, 0.5) is 9.52 Å². The minimum Gasteiger partial charge on any atom is -0.355 e. The van der Waals surface area contributed by atoms with Crippen LogP contribution < -0.4 is 5.32 Å². The number of thiazole rings is 1. The zero-order valence-electron chi connectivity index (χ0n) is 9.68. The summed E-state index contributed by atoms with van der Waals surface area (Å²) in [4.78, 5) is 4.45. The molecule has 3 aromatic rings. The quantitative estimate of drug-likeness (QED) is 0.753. The summed E-state index contributed by atoms with van der Waals surface area (Å²) in [7, 11) is 0. The third-order valence-corrected chi connectivity index (χ3v) is 4.38. The van der Waals surface area contributed by atoms with Gasteiger partial charge in [-0.2, -0.15) is 11.3 Å². The molecule has 0 aliphatic rings. The number of thiophene rings is 1. The zero-order chi connectivity index (χ0) is 12.5. The van der Waals surface area contributed by atoms with Crippen LogP contribution in [-0.4, -0.2) is 4.98 Å². The number of nitrogens with zero attached hydrogens (tertiary/aromatic N) is 1. The Morgan fingerprint density at radius 3 is 3.00 bits per heavy atom. The molecule has 2 heterocycles. The van der Waals surface area contributed by atoms with E-state index in [4.69, 9.17) is 0 Å². The van der Waals surface area contributed by atoms with Gasteiger partial charge < -0.3 is 5.32 Å². The monoisotopic (exact) mass is 278 g/mol. The summed E-state index contributed by atoms with van der Waals surface area (Å²) < 4.78 is 14.0. The number of fused-ring (bicyclic) bond motifs is 1. The van der Waals surface area contributed by atoms with Crippen molar-refractivity contribution in [1.82, 2.24) is 4.98 Å². The van der Waals surface area contributed by atoms with E-state index in [1.807, 2.05) is 0 Å². The molecule has 0 aliphatic carbocycles. The predicted molar refractivity (Wildman–Crippen MR) is 75.9 cm³/mol. The van der Waals surface area contributed by atoms with E-state index in [1.165, 1.54) is 29.0 Å². The van der Waals surface area contributed by atoms with E-state index in [2.05, 4.69) is 34.1 Å². The Morgan fingerprint density at radius 2 is 2.22 bits per heavy atom. The summed E-state index contributed by atoms with van der Waals surface area (Å²) in [6, 6.07) is 6.97. The van der Waals surface area contributed by atoms with Crippen molar-refractivity contribution in [3.63, 3.8) is 0 Å². The van der Waals surface area contributed by atoms with E-state index in [-0.39, 0.29) is 11.9 Å². The minimum atomic E-state index is -0.219. The Hall–Kier alpha value is -1.46. The van der Waals surface area contributed by atoms with Crippen LogP contribution in [0.2, 0.25) is 0 Å². The van der Waals surface area contributed by atoms with Crippen molar-refractivity contribution in [3.8, 4) is 0 Å². The Balaban J connectivity index is 1.86. The Labute approximate surface area is 112 Å². The van der Waals surface area contributed by atoms with Gasteiger partial charge >= 0.3 is 0 Å². The van der Waals surface area contributed by atoms with Crippen molar-refractivity contribution < 1.29 is 4.39 Å². The summed E-state index contributed by atoms with van der Waals surface area (Å²) in [6.07, 6.45) is 0. The fourth-order valence-electron chi connectivity index (χ4n) is 1.75. The SMILES string of the molecule is CC(Nc1nc2ccc(F)cc2s1)c1ccsc1.